The van der Waals surface area contributed by atoms with E-state index in [4.69, 9.17) is 190 Å². The molecule has 0 unspecified atom stereocenters. The molecule has 0 saturated carbocycles. The van der Waals surface area contributed by atoms with Crippen molar-refractivity contribution >= 4 is 23.3 Å². The van der Waals surface area contributed by atoms with Gasteiger partial charge in [0, 0.05) is 92.6 Å². The molecule has 0 spiro atoms. The molecule has 0 bridgehead atoms. The summed E-state index contributed by atoms with van der Waals surface area (Å²) in [5.41, 5.74) is 4.37. The maximum atomic E-state index is 13.9. The van der Waals surface area contributed by atoms with Crippen LogP contribution < -0.4 is 11.1 Å². The first-order chi connectivity index (χ1) is 70.3. The SMILES string of the molecule is COCCOCCOCCOCCOCCOCCOCCOCCOCCOCCOCCCC(=O)CCCCC(COCCC(=O)CCCOCCOCCOCCOCCOCCOCCOCCOCCOCCOCCOC)(COCCC(=O)CCCOCCOCCOCCOCCOCCOCCOCCOCCOCCOCCOC)NC(=O)CCOCCOCCOCCOCCN. The third-order valence-electron chi connectivity index (χ3n) is 19.0. The number of hydrogen-bond donors (Lipinski definition) is 2. The van der Waals surface area contributed by atoms with Gasteiger partial charge in [-0.3, -0.25) is 19.2 Å². The van der Waals surface area contributed by atoms with Crippen LogP contribution in [-0.2, 0) is 204 Å². The summed E-state index contributed by atoms with van der Waals surface area (Å²) in [6.45, 7) is 32.1. The molecule has 0 aliphatic carbocycles. The molecule has 0 radical (unpaired) electrons. The van der Waals surface area contributed by atoms with E-state index in [0.29, 0.717) is 514 Å². The predicted molar refractivity (Wildman–Crippen MR) is 520 cm³/mol. The van der Waals surface area contributed by atoms with Crippen molar-refractivity contribution in [2.45, 2.75) is 89.0 Å². The normalized spacial score (nSPS) is 11.9. The van der Waals surface area contributed by atoms with Crippen molar-refractivity contribution in [1.82, 2.24) is 5.32 Å². The van der Waals surface area contributed by atoms with E-state index in [9.17, 15) is 19.2 Å². The van der Waals surface area contributed by atoms with Gasteiger partial charge in [-0.25, -0.2) is 0 Å². The fourth-order valence-corrected chi connectivity index (χ4v) is 11.5. The monoisotopic (exact) mass is 2070 g/mol. The van der Waals surface area contributed by atoms with E-state index >= 15 is 0 Å². The number of Topliss-reactive ketones (excluding diaryl/α,β-unsaturated/α-hetero) is 3. The fraction of sp³-hybridized carbons (Fsp3) is 0.959. The number of nitrogens with one attached hydrogen (secondary N) is 1. The Bertz CT molecular complexity index is 2230. The van der Waals surface area contributed by atoms with Crippen LogP contribution in [0.25, 0.3) is 0 Å². The third kappa shape index (κ3) is 119. The lowest BCUT2D eigenvalue weighted by atomic mass is 9.92. The largest absolute Gasteiger partial charge is 0.382 e. The molecule has 0 aromatic rings. The first-order valence-electron chi connectivity index (χ1n) is 51.1. The summed E-state index contributed by atoms with van der Waals surface area (Å²) in [6.07, 6.45) is 4.46. The zero-order valence-electron chi connectivity index (χ0n) is 87.1. The Morgan fingerprint density at radius 3 is 0.493 bits per heavy atom. The van der Waals surface area contributed by atoms with Crippen LogP contribution in [0, 0.1) is 0 Å². The molecular weight excluding hydrogens is 1880 g/mol. The van der Waals surface area contributed by atoms with Gasteiger partial charge in [0.15, 0.2) is 0 Å². The van der Waals surface area contributed by atoms with Gasteiger partial charge in [0.2, 0.25) is 5.91 Å². The van der Waals surface area contributed by atoms with Crippen molar-refractivity contribution in [3.05, 3.63) is 0 Å². The van der Waals surface area contributed by atoms with Crippen LogP contribution in [0.4, 0.5) is 0 Å². The van der Waals surface area contributed by atoms with Gasteiger partial charge in [0.1, 0.15) is 17.3 Å². The lowest BCUT2D eigenvalue weighted by molar-refractivity contribution is -0.128. The van der Waals surface area contributed by atoms with E-state index in [2.05, 4.69) is 5.32 Å². The number of nitrogens with two attached hydrogens (primary N) is 1. The number of ketones is 3. The molecule has 45 heteroatoms. The van der Waals surface area contributed by atoms with Crippen molar-refractivity contribution in [3.8, 4) is 0 Å². The number of methoxy groups -OCH3 is 3. The zero-order chi connectivity index (χ0) is 102. The molecule has 846 valence electrons. The lowest BCUT2D eigenvalue weighted by Crippen LogP contribution is -2.55. The van der Waals surface area contributed by atoms with Crippen LogP contribution >= 0.6 is 0 Å². The second kappa shape index (κ2) is 125. The molecule has 0 fully saturated rings. The Hall–Kier alpha value is -3.12. The van der Waals surface area contributed by atoms with Gasteiger partial charge in [-0.1, -0.05) is 6.42 Å². The maximum absolute atomic E-state index is 13.9. The van der Waals surface area contributed by atoms with Crippen molar-refractivity contribution < 1.29 is 204 Å². The lowest BCUT2D eigenvalue weighted by Gasteiger charge is -2.35. The molecule has 0 rings (SSSR count). The van der Waals surface area contributed by atoms with Gasteiger partial charge in [-0.2, -0.15) is 0 Å². The highest BCUT2D eigenvalue weighted by Gasteiger charge is 2.33. The first-order valence-corrected chi connectivity index (χ1v) is 51.1. The Morgan fingerprint density at radius 2 is 0.310 bits per heavy atom. The standard InChI is InChI=1S/C97H190N2O43/c1-104-25-28-112-41-44-120-55-58-126-67-70-132-79-82-138-88-85-135-76-73-129-64-61-123-52-47-115-36-31-107-18-6-10-93(100)9-4-5-16-97(99-96(103)15-23-110-34-39-118-50-51-119-40-35-111-24-17-98,91-141-21-13-94(101)11-7-19-108-32-37-116-48-53-124-62-65-130-74-77-136-86-89-139-83-80-133-71-68-127-59-56-121-45-42-113-29-26-105-2)92-142-22-14-95(102)12-8-20-109-33-38-117-49-54-125-63-66-131-75-78-137-87-90-140-84-81-134-72-69-128-60-57-122-46-43-114-30-27-106-3/h4-92,98H2,1-3H3,(H,99,103). The molecule has 0 aromatic heterocycles. The summed E-state index contributed by atoms with van der Waals surface area (Å²) in [6, 6.07) is 0. The van der Waals surface area contributed by atoms with Crippen molar-refractivity contribution in [3.63, 3.8) is 0 Å². The van der Waals surface area contributed by atoms with Crippen LogP contribution in [0.1, 0.15) is 83.5 Å². The van der Waals surface area contributed by atoms with Crippen LogP contribution in [0.5, 0.6) is 0 Å². The van der Waals surface area contributed by atoms with Crippen molar-refractivity contribution in [1.29, 1.82) is 0 Å². The number of hydrogen-bond acceptors (Lipinski definition) is 44. The smallest absolute Gasteiger partial charge is 0.222 e. The van der Waals surface area contributed by atoms with Gasteiger partial charge in [0.25, 0.3) is 0 Å². The van der Waals surface area contributed by atoms with Crippen LogP contribution in [0.2, 0.25) is 0 Å². The molecule has 0 heterocycles. The Balaban J connectivity index is 5.03. The molecule has 1 amide bonds. The highest BCUT2D eigenvalue weighted by atomic mass is 16.6. The predicted octanol–water partition coefficient (Wildman–Crippen LogP) is 3.12. The minimum atomic E-state index is -1.10. The second-order valence-electron chi connectivity index (χ2n) is 30.9. The molecule has 0 saturated heterocycles. The molecular formula is C97H190N2O43. The van der Waals surface area contributed by atoms with Gasteiger partial charge < -0.3 is 196 Å². The van der Waals surface area contributed by atoms with Crippen LogP contribution in [-0.4, -0.2) is 552 Å². The minimum absolute atomic E-state index is 0.00959. The van der Waals surface area contributed by atoms with Crippen LogP contribution in [0.15, 0.2) is 0 Å². The Kier molecular flexibility index (Phi) is 122. The molecule has 142 heavy (non-hydrogen) atoms. The molecule has 0 aliphatic rings. The molecule has 0 aromatic carbocycles. The van der Waals surface area contributed by atoms with Crippen molar-refractivity contribution in [2.75, 3.05) is 523 Å². The van der Waals surface area contributed by atoms with E-state index in [1.807, 2.05) is 0 Å². The van der Waals surface area contributed by atoms with Gasteiger partial charge in [-0.05, 0) is 32.1 Å². The Morgan fingerprint density at radius 1 is 0.162 bits per heavy atom. The molecule has 0 atom stereocenters. The number of rotatable bonds is 132. The average Bonchev–Trinajstić information content (AvgIpc) is 0.852. The van der Waals surface area contributed by atoms with E-state index in [1.54, 1.807) is 21.3 Å². The average molecular weight is 2070 g/mol. The quantitative estimate of drug-likeness (QED) is 0.0826. The second-order valence-corrected chi connectivity index (χ2v) is 30.9. The summed E-state index contributed by atoms with van der Waals surface area (Å²) in [5.74, 6) is -0.257. The summed E-state index contributed by atoms with van der Waals surface area (Å²) < 4.78 is 216. The number of carbonyl (C=O) groups excluding carboxylic acids is 4. The fourth-order valence-electron chi connectivity index (χ4n) is 11.5. The molecule has 3 N–H and O–H groups in total. The topological polar surface area (TPSA) is 466 Å². The third-order valence-corrected chi connectivity index (χ3v) is 19.0. The van der Waals surface area contributed by atoms with E-state index < -0.39 is 5.54 Å². The van der Waals surface area contributed by atoms with E-state index in [-0.39, 0.29) is 95.0 Å². The first kappa shape index (κ1) is 139. The summed E-state index contributed by atoms with van der Waals surface area (Å²) in [4.78, 5) is 53.6. The summed E-state index contributed by atoms with van der Waals surface area (Å²) >= 11 is 0. The number of carbonyl (C=O) groups is 4. The molecule has 0 aliphatic heterocycles. The highest BCUT2D eigenvalue weighted by Crippen LogP contribution is 2.20. The van der Waals surface area contributed by atoms with Crippen LogP contribution in [0.3, 0.4) is 0 Å². The zero-order valence-corrected chi connectivity index (χ0v) is 87.1. The van der Waals surface area contributed by atoms with Crippen molar-refractivity contribution in [2.24, 2.45) is 5.73 Å². The summed E-state index contributed by atoms with van der Waals surface area (Å²) in [5, 5.41) is 3.19. The van der Waals surface area contributed by atoms with E-state index in [1.165, 1.54) is 0 Å². The minimum Gasteiger partial charge on any atom is -0.382 e. The van der Waals surface area contributed by atoms with Gasteiger partial charge in [-0.15, -0.1) is 0 Å². The molecule has 45 nitrogen and oxygen atoms in total. The summed E-state index contributed by atoms with van der Waals surface area (Å²) in [7, 11) is 4.91. The van der Waals surface area contributed by atoms with Gasteiger partial charge in [0.05, 0.1) is 481 Å². The Labute approximate surface area is 847 Å². The van der Waals surface area contributed by atoms with Gasteiger partial charge >= 0.3 is 0 Å². The number of ether oxygens (including phenoxy) is 39. The van der Waals surface area contributed by atoms with E-state index in [0.717, 1.165) is 0 Å². The highest BCUT2D eigenvalue weighted by molar-refractivity contribution is 5.79. The number of unbranched alkanes of at least 4 members (excludes halogenated alkanes) is 1. The number of amides is 1. The maximum Gasteiger partial charge on any atom is 0.222 e.